The van der Waals surface area contributed by atoms with Gasteiger partial charge in [-0.05, 0) is 12.1 Å². The minimum Gasteiger partial charge on any atom is -0.386 e. The molecule has 0 bridgehead atoms. The fourth-order valence-corrected chi connectivity index (χ4v) is 6.01. The molecule has 3 heterocycles. The molecule has 2 unspecified atom stereocenters. The van der Waals surface area contributed by atoms with Gasteiger partial charge >= 0.3 is 23.5 Å². The van der Waals surface area contributed by atoms with Crippen LogP contribution in [0.4, 0.5) is 10.2 Å². The molecule has 1 saturated heterocycles. The second-order valence-corrected chi connectivity index (χ2v) is 10.9. The smallest absolute Gasteiger partial charge is 0.386 e. The second-order valence-electron chi connectivity index (χ2n) is 6.53. The van der Waals surface area contributed by atoms with Crippen molar-refractivity contribution in [2.45, 2.75) is 24.0 Å². The molecule has 0 radical (unpaired) electrons. The summed E-state index contributed by atoms with van der Waals surface area (Å²) >= 11 is 0. The number of alkyl halides is 1. The second kappa shape index (κ2) is 8.79. The Balaban J connectivity index is 1.81. The Labute approximate surface area is 183 Å². The van der Waals surface area contributed by atoms with Gasteiger partial charge in [-0.1, -0.05) is 5.92 Å². The molecule has 2 aromatic rings. The van der Waals surface area contributed by atoms with Crippen LogP contribution < -0.4 is 5.73 Å². The van der Waals surface area contributed by atoms with Gasteiger partial charge in [-0.15, -0.1) is 6.42 Å². The number of aliphatic hydroxyl groups excluding tert-OH is 1. The monoisotopic (exact) mass is 532 g/mol. The van der Waals surface area contributed by atoms with E-state index in [0.717, 1.165) is 6.33 Å². The molecule has 1 fully saturated rings. The zero-order valence-corrected chi connectivity index (χ0v) is 18.7. The maximum absolute atomic E-state index is 15.0. The topological polar surface area (TPSA) is 245 Å². The van der Waals surface area contributed by atoms with Crippen LogP contribution in [0, 0.1) is 12.3 Å². The highest BCUT2D eigenvalue weighted by Crippen LogP contribution is 2.66. The van der Waals surface area contributed by atoms with Crippen LogP contribution in [0.5, 0.6) is 0 Å². The summed E-state index contributed by atoms with van der Waals surface area (Å²) in [7, 11) is -17.0. The first-order valence-electron chi connectivity index (χ1n) is 8.44. The molecular weight excluding hydrogens is 516 g/mol. The van der Waals surface area contributed by atoms with Crippen LogP contribution in [0.15, 0.2) is 18.5 Å². The Bertz CT molecular complexity index is 1240. The molecular formula is C13H16FN4O12P3. The third-order valence-electron chi connectivity index (χ3n) is 4.31. The van der Waals surface area contributed by atoms with E-state index in [-0.39, 0.29) is 17.0 Å². The summed E-state index contributed by atoms with van der Waals surface area (Å²) < 4.78 is 67.2. The highest BCUT2D eigenvalue weighted by Gasteiger charge is 2.57. The van der Waals surface area contributed by atoms with Crippen LogP contribution in [0.2, 0.25) is 0 Å². The van der Waals surface area contributed by atoms with Crippen molar-refractivity contribution < 1.29 is 60.6 Å². The van der Waals surface area contributed by atoms with E-state index in [1.54, 1.807) is 0 Å². The number of rotatable bonds is 8. The number of halogens is 1. The van der Waals surface area contributed by atoms with E-state index in [1.165, 1.54) is 16.6 Å². The van der Waals surface area contributed by atoms with Gasteiger partial charge in [-0.3, -0.25) is 4.52 Å². The predicted octanol–water partition coefficient (Wildman–Crippen LogP) is -0.203. The third-order valence-corrected chi connectivity index (χ3v) is 8.09. The molecule has 0 aliphatic carbocycles. The average molecular weight is 532 g/mol. The zero-order chi connectivity index (χ0) is 24.8. The average Bonchev–Trinajstić information content (AvgIpc) is 3.19. The van der Waals surface area contributed by atoms with Crippen LogP contribution in [0.3, 0.4) is 0 Å². The highest BCUT2D eigenvalue weighted by atomic mass is 31.3. The molecule has 0 spiro atoms. The zero-order valence-electron chi connectivity index (χ0n) is 16.0. The lowest BCUT2D eigenvalue weighted by molar-refractivity contribution is -0.0715. The van der Waals surface area contributed by atoms with Crippen LogP contribution in [0.1, 0.15) is 11.8 Å². The summed E-state index contributed by atoms with van der Waals surface area (Å²) in [5.74, 6) is 1.96. The molecule has 3 rings (SSSR count). The number of terminal acetylenes is 1. The fraction of sp³-hybridized carbons (Fsp3) is 0.385. The maximum Gasteiger partial charge on any atom is 0.490 e. The Morgan fingerprint density at radius 1 is 1.24 bits per heavy atom. The van der Waals surface area contributed by atoms with Crippen molar-refractivity contribution in [3.05, 3.63) is 24.2 Å². The van der Waals surface area contributed by atoms with Crippen molar-refractivity contribution in [2.75, 3.05) is 12.3 Å². The first-order chi connectivity index (χ1) is 15.1. The van der Waals surface area contributed by atoms with Gasteiger partial charge in [0.25, 0.3) is 0 Å². The summed E-state index contributed by atoms with van der Waals surface area (Å²) in [5.41, 5.74) is 3.63. The van der Waals surface area contributed by atoms with Crippen molar-refractivity contribution >= 4 is 34.8 Å². The van der Waals surface area contributed by atoms with Gasteiger partial charge in [-0.2, -0.15) is 13.7 Å². The predicted molar refractivity (Wildman–Crippen MR) is 104 cm³/mol. The molecule has 20 heteroatoms. The molecule has 0 saturated carbocycles. The molecule has 33 heavy (non-hydrogen) atoms. The SMILES string of the molecule is C#C[C@]1(COP(=O)(O)OP(=O)(O)OP(=O)(O)O)O[C@@H](c2ccc3c(N)ncnn23)[C@H](F)[C@@H]1O. The number of phosphoric acid groups is 3. The summed E-state index contributed by atoms with van der Waals surface area (Å²) in [6.45, 7) is -1.26. The normalized spacial score (nSPS) is 29.4. The van der Waals surface area contributed by atoms with E-state index < -0.39 is 54.1 Å². The summed E-state index contributed by atoms with van der Waals surface area (Å²) in [5, 5.41) is 14.3. The summed E-state index contributed by atoms with van der Waals surface area (Å²) in [6, 6.07) is 2.80. The van der Waals surface area contributed by atoms with E-state index in [0.29, 0.717) is 0 Å². The standard InChI is InChI=1S/C13H16FN4O12P3/c1-2-13(5-27-32(23,24)30-33(25,26)29-31(20,21)22)11(19)9(14)10(28-13)7-3-4-8-12(15)16-6-17-18(7)8/h1,3-4,6,9-11,19H,5H2,(H,23,24)(H,25,26)(H2,15,16,17)(H2,20,21,22)/t9-,10-,11-,13+/m0/s1. The summed E-state index contributed by atoms with van der Waals surface area (Å²) in [6.07, 6.45) is 0.498. The quantitative estimate of drug-likeness (QED) is 0.190. The Kier molecular flexibility index (Phi) is 6.89. The number of fused-ring (bicyclic) bond motifs is 1. The molecule has 0 amide bonds. The van der Waals surface area contributed by atoms with E-state index in [9.17, 15) is 33.0 Å². The van der Waals surface area contributed by atoms with Gasteiger partial charge < -0.3 is 35.2 Å². The molecule has 1 aliphatic rings. The van der Waals surface area contributed by atoms with Crippen molar-refractivity contribution in [1.82, 2.24) is 14.6 Å². The Morgan fingerprint density at radius 2 is 1.91 bits per heavy atom. The number of hydrogen-bond donors (Lipinski definition) is 6. The molecule has 7 N–H and O–H groups in total. The lowest BCUT2D eigenvalue weighted by Crippen LogP contribution is -2.44. The number of ether oxygens (including phenoxy) is 1. The van der Waals surface area contributed by atoms with E-state index in [2.05, 4.69) is 23.2 Å². The number of aromatic nitrogens is 3. The van der Waals surface area contributed by atoms with Gasteiger partial charge in [0.1, 0.15) is 30.7 Å². The lowest BCUT2D eigenvalue weighted by atomic mass is 9.96. The molecule has 16 nitrogen and oxygen atoms in total. The fourth-order valence-electron chi connectivity index (χ4n) is 2.96. The van der Waals surface area contributed by atoms with Crippen LogP contribution >= 0.6 is 23.5 Å². The van der Waals surface area contributed by atoms with Crippen molar-refractivity contribution in [3.8, 4) is 12.3 Å². The molecule has 0 aromatic carbocycles. The number of aliphatic hydroxyl groups is 1. The first kappa shape index (κ1) is 25.9. The van der Waals surface area contributed by atoms with Gasteiger partial charge in [0, 0.05) is 0 Å². The van der Waals surface area contributed by atoms with Gasteiger partial charge in [0.15, 0.2) is 17.6 Å². The minimum absolute atomic E-state index is 0.0427. The van der Waals surface area contributed by atoms with Gasteiger partial charge in [-0.25, -0.2) is 27.6 Å². The van der Waals surface area contributed by atoms with Crippen LogP contribution in [-0.4, -0.2) is 63.8 Å². The maximum atomic E-state index is 15.0. The van der Waals surface area contributed by atoms with E-state index in [1.807, 2.05) is 5.92 Å². The molecule has 2 aromatic heterocycles. The largest absolute Gasteiger partial charge is 0.490 e. The molecule has 6 atom stereocenters. The number of anilines is 1. The number of nitrogen functional groups attached to an aromatic ring is 1. The number of phosphoric ester groups is 1. The minimum atomic E-state index is -5.80. The van der Waals surface area contributed by atoms with Crippen LogP contribution in [-0.2, 0) is 31.6 Å². The highest BCUT2D eigenvalue weighted by molar-refractivity contribution is 7.66. The Morgan fingerprint density at radius 3 is 2.52 bits per heavy atom. The lowest BCUT2D eigenvalue weighted by Gasteiger charge is -2.27. The van der Waals surface area contributed by atoms with E-state index in [4.69, 9.17) is 26.7 Å². The number of nitrogens with two attached hydrogens (primary N) is 1. The number of hydrogen-bond acceptors (Lipinski definition) is 11. The van der Waals surface area contributed by atoms with Gasteiger partial charge in [0.05, 0.1) is 5.69 Å². The van der Waals surface area contributed by atoms with Crippen LogP contribution in [0.25, 0.3) is 5.52 Å². The van der Waals surface area contributed by atoms with Crippen molar-refractivity contribution in [1.29, 1.82) is 0 Å². The van der Waals surface area contributed by atoms with Crippen molar-refractivity contribution in [2.24, 2.45) is 0 Å². The third kappa shape index (κ3) is 5.50. The van der Waals surface area contributed by atoms with Crippen molar-refractivity contribution in [3.63, 3.8) is 0 Å². The first-order valence-corrected chi connectivity index (χ1v) is 13.0. The number of nitrogens with zero attached hydrogens (tertiary/aromatic N) is 3. The van der Waals surface area contributed by atoms with Gasteiger partial charge in [0.2, 0.25) is 0 Å². The summed E-state index contributed by atoms with van der Waals surface area (Å²) in [4.78, 5) is 39.6. The molecule has 182 valence electrons. The molecule has 1 aliphatic heterocycles. The Hall–Kier alpha value is -1.76. The van der Waals surface area contributed by atoms with E-state index >= 15 is 0 Å².